The molecule has 1 amide bonds. The molecule has 1 heterocycles. The van der Waals surface area contributed by atoms with E-state index < -0.39 is 0 Å². The summed E-state index contributed by atoms with van der Waals surface area (Å²) < 4.78 is 12.9. The van der Waals surface area contributed by atoms with E-state index in [-0.39, 0.29) is 17.6 Å². The third kappa shape index (κ3) is 2.79. The molecule has 0 aromatic heterocycles. The number of amides is 1. The summed E-state index contributed by atoms with van der Waals surface area (Å²) in [6.45, 7) is 1.69. The highest BCUT2D eigenvalue weighted by molar-refractivity contribution is 5.92. The maximum absolute atomic E-state index is 12.9. The van der Waals surface area contributed by atoms with E-state index in [1.807, 2.05) is 0 Å². The number of carbonyl (C=O) groups is 1. The summed E-state index contributed by atoms with van der Waals surface area (Å²) in [4.78, 5) is 11.8. The maximum atomic E-state index is 12.9. The molecule has 0 aliphatic carbocycles. The summed E-state index contributed by atoms with van der Waals surface area (Å²) in [7, 11) is 0. The van der Waals surface area contributed by atoms with Crippen molar-refractivity contribution in [3.63, 3.8) is 0 Å². The summed E-state index contributed by atoms with van der Waals surface area (Å²) in [6.07, 6.45) is 1.91. The predicted molar refractivity (Wildman–Crippen MR) is 60.6 cm³/mol. The highest BCUT2D eigenvalue weighted by Gasteiger charge is 2.20. The minimum Gasteiger partial charge on any atom is -0.326 e. The lowest BCUT2D eigenvalue weighted by atomic mass is 9.99. The van der Waals surface area contributed by atoms with Crippen molar-refractivity contribution in [1.82, 2.24) is 5.32 Å². The maximum Gasteiger partial charge on any atom is 0.228 e. The minimum atomic E-state index is -0.334. The second-order valence-electron chi connectivity index (χ2n) is 4.04. The monoisotopic (exact) mass is 222 g/mol. The van der Waals surface area contributed by atoms with E-state index in [9.17, 15) is 9.18 Å². The van der Waals surface area contributed by atoms with Gasteiger partial charge < -0.3 is 10.6 Å². The predicted octanol–water partition coefficient (Wildman–Crippen LogP) is 1.76. The number of halogens is 1. The van der Waals surface area contributed by atoms with Crippen LogP contribution in [0, 0.1) is 11.7 Å². The first-order valence-electron chi connectivity index (χ1n) is 5.53. The Balaban J connectivity index is 1.96. The summed E-state index contributed by atoms with van der Waals surface area (Å²) >= 11 is 0. The molecule has 0 saturated carbocycles. The Kier molecular flexibility index (Phi) is 3.51. The Labute approximate surface area is 94.0 Å². The Morgan fingerprint density at radius 1 is 1.50 bits per heavy atom. The van der Waals surface area contributed by atoms with Gasteiger partial charge in [0.25, 0.3) is 0 Å². The van der Waals surface area contributed by atoms with Crippen molar-refractivity contribution in [2.75, 3.05) is 18.4 Å². The van der Waals surface area contributed by atoms with Crippen molar-refractivity contribution in [2.45, 2.75) is 12.8 Å². The molecule has 86 valence electrons. The van der Waals surface area contributed by atoms with E-state index in [1.165, 1.54) is 12.1 Å². The van der Waals surface area contributed by atoms with Crippen LogP contribution in [0.15, 0.2) is 24.3 Å². The average molecular weight is 222 g/mol. The number of hydrogen-bond donors (Lipinski definition) is 2. The van der Waals surface area contributed by atoms with Crippen LogP contribution in [0.3, 0.4) is 0 Å². The first-order chi connectivity index (χ1) is 7.75. The molecule has 2 rings (SSSR count). The first kappa shape index (κ1) is 11.1. The van der Waals surface area contributed by atoms with E-state index in [0.717, 1.165) is 19.4 Å². The number of piperidine rings is 1. The SMILES string of the molecule is O=C(Nc1cccc(F)c1)[C@@H]1CCCNC1. The normalized spacial score (nSPS) is 20.4. The fourth-order valence-electron chi connectivity index (χ4n) is 1.89. The van der Waals surface area contributed by atoms with Crippen LogP contribution in [0.2, 0.25) is 0 Å². The first-order valence-corrected chi connectivity index (χ1v) is 5.53. The van der Waals surface area contributed by atoms with Crippen LogP contribution in [-0.2, 0) is 4.79 Å². The molecule has 2 N–H and O–H groups in total. The van der Waals surface area contributed by atoms with Crippen molar-refractivity contribution < 1.29 is 9.18 Å². The molecular formula is C12H15FN2O. The van der Waals surface area contributed by atoms with Crippen molar-refractivity contribution >= 4 is 11.6 Å². The summed E-state index contributed by atoms with van der Waals surface area (Å²) in [5, 5.41) is 5.91. The lowest BCUT2D eigenvalue weighted by molar-refractivity contribution is -0.120. The molecular weight excluding hydrogens is 207 g/mol. The third-order valence-corrected chi connectivity index (χ3v) is 2.76. The van der Waals surface area contributed by atoms with Crippen LogP contribution in [0.5, 0.6) is 0 Å². The van der Waals surface area contributed by atoms with Gasteiger partial charge in [-0.05, 0) is 37.6 Å². The Morgan fingerprint density at radius 3 is 3.06 bits per heavy atom. The van der Waals surface area contributed by atoms with Gasteiger partial charge in [-0.2, -0.15) is 0 Å². The standard InChI is InChI=1S/C12H15FN2O/c13-10-4-1-5-11(7-10)15-12(16)9-3-2-6-14-8-9/h1,4-5,7,9,14H,2-3,6,8H2,(H,15,16)/t9-/m1/s1. The smallest absolute Gasteiger partial charge is 0.228 e. The van der Waals surface area contributed by atoms with Gasteiger partial charge >= 0.3 is 0 Å². The molecule has 0 spiro atoms. The Morgan fingerprint density at radius 2 is 2.38 bits per heavy atom. The van der Waals surface area contributed by atoms with Crippen LogP contribution in [0.1, 0.15) is 12.8 Å². The average Bonchev–Trinajstić information content (AvgIpc) is 2.30. The molecule has 1 aromatic carbocycles. The molecule has 1 saturated heterocycles. The van der Waals surface area contributed by atoms with Gasteiger partial charge in [-0.25, -0.2) is 4.39 Å². The molecule has 1 fully saturated rings. The number of nitrogens with one attached hydrogen (secondary N) is 2. The van der Waals surface area contributed by atoms with Crippen molar-refractivity contribution in [1.29, 1.82) is 0 Å². The molecule has 0 bridgehead atoms. The van der Waals surface area contributed by atoms with E-state index in [1.54, 1.807) is 12.1 Å². The van der Waals surface area contributed by atoms with Gasteiger partial charge in [-0.3, -0.25) is 4.79 Å². The lowest BCUT2D eigenvalue weighted by Gasteiger charge is -2.21. The molecule has 1 aliphatic heterocycles. The van der Waals surface area contributed by atoms with Gasteiger partial charge in [0.1, 0.15) is 5.82 Å². The van der Waals surface area contributed by atoms with Gasteiger partial charge in [-0.1, -0.05) is 6.07 Å². The van der Waals surface area contributed by atoms with Crippen molar-refractivity contribution in [2.24, 2.45) is 5.92 Å². The molecule has 4 heteroatoms. The summed E-state index contributed by atoms with van der Waals surface area (Å²) in [6, 6.07) is 5.97. The Hall–Kier alpha value is -1.42. The molecule has 16 heavy (non-hydrogen) atoms. The highest BCUT2D eigenvalue weighted by atomic mass is 19.1. The fourth-order valence-corrected chi connectivity index (χ4v) is 1.89. The topological polar surface area (TPSA) is 41.1 Å². The zero-order valence-electron chi connectivity index (χ0n) is 9.00. The quantitative estimate of drug-likeness (QED) is 0.800. The molecule has 0 radical (unpaired) electrons. The van der Waals surface area contributed by atoms with Crippen LogP contribution in [0.4, 0.5) is 10.1 Å². The minimum absolute atomic E-state index is 0.00276. The van der Waals surface area contributed by atoms with Gasteiger partial charge in [0.05, 0.1) is 5.92 Å². The number of anilines is 1. The van der Waals surface area contributed by atoms with Crippen molar-refractivity contribution in [3.05, 3.63) is 30.1 Å². The highest BCUT2D eigenvalue weighted by Crippen LogP contribution is 2.14. The van der Waals surface area contributed by atoms with Crippen LogP contribution < -0.4 is 10.6 Å². The molecule has 3 nitrogen and oxygen atoms in total. The fraction of sp³-hybridized carbons (Fsp3) is 0.417. The molecule has 1 aliphatic rings. The number of hydrogen-bond acceptors (Lipinski definition) is 2. The van der Waals surface area contributed by atoms with Gasteiger partial charge in [0.15, 0.2) is 0 Å². The van der Waals surface area contributed by atoms with Crippen molar-refractivity contribution in [3.8, 4) is 0 Å². The lowest BCUT2D eigenvalue weighted by Crippen LogP contribution is -2.37. The second-order valence-corrected chi connectivity index (χ2v) is 4.04. The van der Waals surface area contributed by atoms with E-state index in [0.29, 0.717) is 12.2 Å². The van der Waals surface area contributed by atoms with Gasteiger partial charge in [-0.15, -0.1) is 0 Å². The van der Waals surface area contributed by atoms with Crippen LogP contribution >= 0.6 is 0 Å². The third-order valence-electron chi connectivity index (χ3n) is 2.76. The zero-order chi connectivity index (χ0) is 11.4. The van der Waals surface area contributed by atoms with Gasteiger partial charge in [0, 0.05) is 12.2 Å². The summed E-state index contributed by atoms with van der Waals surface area (Å²) in [5.74, 6) is -0.366. The molecule has 1 aromatic rings. The summed E-state index contributed by atoms with van der Waals surface area (Å²) in [5.41, 5.74) is 0.524. The largest absolute Gasteiger partial charge is 0.326 e. The Bertz CT molecular complexity index is 375. The van der Waals surface area contributed by atoms with Crippen LogP contribution in [0.25, 0.3) is 0 Å². The zero-order valence-corrected chi connectivity index (χ0v) is 9.00. The van der Waals surface area contributed by atoms with E-state index in [4.69, 9.17) is 0 Å². The second kappa shape index (κ2) is 5.07. The van der Waals surface area contributed by atoms with Crippen LogP contribution in [-0.4, -0.2) is 19.0 Å². The number of benzene rings is 1. The number of rotatable bonds is 2. The van der Waals surface area contributed by atoms with E-state index in [2.05, 4.69) is 10.6 Å². The van der Waals surface area contributed by atoms with Gasteiger partial charge in [0.2, 0.25) is 5.91 Å². The van der Waals surface area contributed by atoms with E-state index >= 15 is 0 Å². The number of carbonyl (C=O) groups excluding carboxylic acids is 1. The molecule has 1 atom stereocenters. The molecule has 0 unspecified atom stereocenters.